The van der Waals surface area contributed by atoms with Gasteiger partial charge in [0.25, 0.3) is 0 Å². The summed E-state index contributed by atoms with van der Waals surface area (Å²) >= 11 is 5.20. The van der Waals surface area contributed by atoms with Gasteiger partial charge in [0.05, 0.1) is 5.69 Å². The third-order valence-corrected chi connectivity index (χ3v) is 4.84. The van der Waals surface area contributed by atoms with Crippen molar-refractivity contribution in [3.8, 4) is 33.3 Å². The number of thiazole rings is 1. The van der Waals surface area contributed by atoms with Crippen LogP contribution in [0.3, 0.4) is 0 Å². The molecule has 0 fully saturated rings. The highest BCUT2D eigenvalue weighted by molar-refractivity contribution is 9.10. The van der Waals surface area contributed by atoms with Crippen LogP contribution in [0.4, 0.5) is 0 Å². The van der Waals surface area contributed by atoms with Crippen LogP contribution >= 0.6 is 27.3 Å². The topological polar surface area (TPSA) is 31.4 Å². The number of fused-ring (bicyclic) bond motifs is 1. The molecule has 2 aromatic carbocycles. The standard InChI is InChI=1S/C16H10BrNO2S/c17-12-4-2-1-3-11(12)16-18-13(8-21-16)10-5-6-14-15(7-10)20-9-19-14/h1-8H,9H2. The second-order valence-electron chi connectivity index (χ2n) is 4.59. The van der Waals surface area contributed by atoms with E-state index in [0.717, 1.165) is 37.8 Å². The molecule has 1 aliphatic rings. The fraction of sp³-hybridized carbons (Fsp3) is 0.0625. The molecule has 0 aliphatic carbocycles. The maximum atomic E-state index is 5.42. The van der Waals surface area contributed by atoms with Gasteiger partial charge in [-0.25, -0.2) is 4.98 Å². The first kappa shape index (κ1) is 12.9. The summed E-state index contributed by atoms with van der Waals surface area (Å²) in [6, 6.07) is 14.0. The molecule has 2 heterocycles. The number of aromatic nitrogens is 1. The van der Waals surface area contributed by atoms with E-state index in [0.29, 0.717) is 0 Å². The number of benzene rings is 2. The summed E-state index contributed by atoms with van der Waals surface area (Å²) in [5, 5.41) is 3.06. The van der Waals surface area contributed by atoms with Crippen molar-refractivity contribution < 1.29 is 9.47 Å². The van der Waals surface area contributed by atoms with Crippen molar-refractivity contribution in [1.82, 2.24) is 4.98 Å². The Morgan fingerprint density at radius 3 is 2.81 bits per heavy atom. The summed E-state index contributed by atoms with van der Waals surface area (Å²) in [7, 11) is 0. The number of ether oxygens (including phenoxy) is 2. The molecular weight excluding hydrogens is 350 g/mol. The molecule has 0 radical (unpaired) electrons. The molecule has 4 rings (SSSR count). The lowest BCUT2D eigenvalue weighted by Gasteiger charge is -2.00. The molecule has 104 valence electrons. The number of halogens is 1. The van der Waals surface area contributed by atoms with Crippen LogP contribution in [0.25, 0.3) is 21.8 Å². The van der Waals surface area contributed by atoms with Crippen LogP contribution in [0.1, 0.15) is 0 Å². The smallest absolute Gasteiger partial charge is 0.231 e. The Balaban J connectivity index is 1.73. The average Bonchev–Trinajstić information content (AvgIpc) is 3.16. The first-order chi connectivity index (χ1) is 10.3. The largest absolute Gasteiger partial charge is 0.454 e. The minimum absolute atomic E-state index is 0.290. The normalized spacial score (nSPS) is 12.6. The van der Waals surface area contributed by atoms with Gasteiger partial charge in [-0.15, -0.1) is 11.3 Å². The molecule has 3 aromatic rings. The second-order valence-corrected chi connectivity index (χ2v) is 6.30. The van der Waals surface area contributed by atoms with Crippen molar-refractivity contribution in [2.75, 3.05) is 6.79 Å². The lowest BCUT2D eigenvalue weighted by atomic mass is 10.1. The highest BCUT2D eigenvalue weighted by Gasteiger charge is 2.15. The van der Waals surface area contributed by atoms with Gasteiger partial charge < -0.3 is 9.47 Å². The lowest BCUT2D eigenvalue weighted by molar-refractivity contribution is 0.174. The Kier molecular flexibility index (Phi) is 3.16. The summed E-state index contributed by atoms with van der Waals surface area (Å²) in [6.45, 7) is 0.290. The van der Waals surface area contributed by atoms with E-state index in [1.807, 2.05) is 36.4 Å². The minimum Gasteiger partial charge on any atom is -0.454 e. The summed E-state index contributed by atoms with van der Waals surface area (Å²) in [5.74, 6) is 1.57. The molecule has 0 unspecified atom stereocenters. The van der Waals surface area contributed by atoms with Gasteiger partial charge >= 0.3 is 0 Å². The van der Waals surface area contributed by atoms with Gasteiger partial charge in [0.15, 0.2) is 11.5 Å². The fourth-order valence-corrected chi connectivity index (χ4v) is 3.69. The predicted molar refractivity (Wildman–Crippen MR) is 86.8 cm³/mol. The Morgan fingerprint density at radius 2 is 1.90 bits per heavy atom. The van der Waals surface area contributed by atoms with E-state index in [2.05, 4.69) is 27.4 Å². The van der Waals surface area contributed by atoms with Gasteiger partial charge in [0.1, 0.15) is 5.01 Å². The van der Waals surface area contributed by atoms with Gasteiger partial charge in [-0.2, -0.15) is 0 Å². The Bertz CT molecular complexity index is 816. The van der Waals surface area contributed by atoms with E-state index in [-0.39, 0.29) is 6.79 Å². The molecule has 1 aromatic heterocycles. The van der Waals surface area contributed by atoms with Crippen LogP contribution in [-0.4, -0.2) is 11.8 Å². The Hall–Kier alpha value is -1.85. The zero-order valence-electron chi connectivity index (χ0n) is 10.9. The van der Waals surface area contributed by atoms with Crippen molar-refractivity contribution in [1.29, 1.82) is 0 Å². The third-order valence-electron chi connectivity index (χ3n) is 3.28. The highest BCUT2D eigenvalue weighted by Crippen LogP contribution is 2.38. The lowest BCUT2D eigenvalue weighted by Crippen LogP contribution is -1.92. The van der Waals surface area contributed by atoms with Crippen molar-refractivity contribution in [3.05, 3.63) is 52.3 Å². The van der Waals surface area contributed by atoms with Gasteiger partial charge in [0.2, 0.25) is 6.79 Å². The molecule has 0 saturated carbocycles. The SMILES string of the molecule is Brc1ccccc1-c1nc(-c2ccc3c(c2)OCO3)cs1. The maximum absolute atomic E-state index is 5.42. The number of rotatable bonds is 2. The van der Waals surface area contributed by atoms with E-state index in [1.165, 1.54) is 0 Å². The zero-order chi connectivity index (χ0) is 14.2. The van der Waals surface area contributed by atoms with Crippen LogP contribution in [0.2, 0.25) is 0 Å². The van der Waals surface area contributed by atoms with E-state index in [9.17, 15) is 0 Å². The first-order valence-corrected chi connectivity index (χ1v) is 8.09. The van der Waals surface area contributed by atoms with Gasteiger partial charge in [-0.05, 0) is 24.3 Å². The van der Waals surface area contributed by atoms with Gasteiger partial charge in [-0.3, -0.25) is 0 Å². The molecule has 5 heteroatoms. The van der Waals surface area contributed by atoms with E-state index >= 15 is 0 Å². The number of nitrogens with zero attached hydrogens (tertiary/aromatic N) is 1. The molecule has 1 aliphatic heterocycles. The molecule has 0 N–H and O–H groups in total. The molecule has 21 heavy (non-hydrogen) atoms. The minimum atomic E-state index is 0.290. The van der Waals surface area contributed by atoms with Crippen molar-refractivity contribution in [2.45, 2.75) is 0 Å². The zero-order valence-corrected chi connectivity index (χ0v) is 13.3. The predicted octanol–water partition coefficient (Wildman–Crippen LogP) is 4.97. The molecule has 0 spiro atoms. The Morgan fingerprint density at radius 1 is 1.05 bits per heavy atom. The molecule has 0 atom stereocenters. The van der Waals surface area contributed by atoms with Crippen LogP contribution in [0.15, 0.2) is 52.3 Å². The van der Waals surface area contributed by atoms with Crippen LogP contribution in [0.5, 0.6) is 11.5 Å². The summed E-state index contributed by atoms with van der Waals surface area (Å²) in [5.41, 5.74) is 3.09. The molecule has 0 saturated heterocycles. The van der Waals surface area contributed by atoms with Crippen molar-refractivity contribution >= 4 is 27.3 Å². The molecule has 0 amide bonds. The second kappa shape index (κ2) is 5.16. The van der Waals surface area contributed by atoms with E-state index < -0.39 is 0 Å². The van der Waals surface area contributed by atoms with Crippen LogP contribution in [0, 0.1) is 0 Å². The first-order valence-electron chi connectivity index (χ1n) is 6.42. The fourth-order valence-electron chi connectivity index (χ4n) is 2.22. The average molecular weight is 360 g/mol. The van der Waals surface area contributed by atoms with Gasteiger partial charge in [0, 0.05) is 21.0 Å². The summed E-state index contributed by atoms with van der Waals surface area (Å²) < 4.78 is 11.8. The molecule has 0 bridgehead atoms. The summed E-state index contributed by atoms with van der Waals surface area (Å²) in [6.07, 6.45) is 0. The van der Waals surface area contributed by atoms with Crippen molar-refractivity contribution in [3.63, 3.8) is 0 Å². The molecule has 3 nitrogen and oxygen atoms in total. The highest BCUT2D eigenvalue weighted by atomic mass is 79.9. The molecular formula is C16H10BrNO2S. The number of hydrogen-bond acceptors (Lipinski definition) is 4. The quantitative estimate of drug-likeness (QED) is 0.647. The van der Waals surface area contributed by atoms with E-state index in [1.54, 1.807) is 11.3 Å². The van der Waals surface area contributed by atoms with Crippen LogP contribution in [-0.2, 0) is 0 Å². The van der Waals surface area contributed by atoms with Gasteiger partial charge in [-0.1, -0.05) is 34.1 Å². The Labute approximate surface area is 134 Å². The monoisotopic (exact) mass is 359 g/mol. The van der Waals surface area contributed by atoms with Crippen LogP contribution < -0.4 is 9.47 Å². The third kappa shape index (κ3) is 2.32. The maximum Gasteiger partial charge on any atom is 0.231 e. The number of hydrogen-bond donors (Lipinski definition) is 0. The van der Waals surface area contributed by atoms with Crippen molar-refractivity contribution in [2.24, 2.45) is 0 Å². The summed E-state index contributed by atoms with van der Waals surface area (Å²) in [4.78, 5) is 4.73. The van der Waals surface area contributed by atoms with E-state index in [4.69, 9.17) is 14.5 Å².